The monoisotopic (exact) mass is 581 g/mol. The van der Waals surface area contributed by atoms with E-state index in [0.29, 0.717) is 21.6 Å². The van der Waals surface area contributed by atoms with Gasteiger partial charge in [0.2, 0.25) is 0 Å². The molecule has 0 fully saturated rings. The standard InChI is InChI=1S/C30H23N5O2S3/c36-30(37-17-27-25-7-3-1-5-23(25)24-6-2-4-8-26(24)27)34-22-15-13-21(14-16-22)33-29(40)35-28(39)32-20-11-9-19(10-12-20)31-18-38/h1-16,27H,17H2,(H,34,36)(H3,32,33,35,39,40). The largest absolute Gasteiger partial charge is 0.448 e. The van der Waals surface area contributed by atoms with Crippen molar-refractivity contribution < 1.29 is 9.53 Å². The topological polar surface area (TPSA) is 86.8 Å². The van der Waals surface area contributed by atoms with Gasteiger partial charge in [0.1, 0.15) is 6.61 Å². The van der Waals surface area contributed by atoms with Gasteiger partial charge in [-0.1, -0.05) is 48.5 Å². The zero-order valence-corrected chi connectivity index (χ0v) is 23.5. The van der Waals surface area contributed by atoms with E-state index in [9.17, 15) is 4.79 Å². The van der Waals surface area contributed by atoms with Crippen molar-refractivity contribution in [1.82, 2.24) is 5.32 Å². The molecule has 0 radical (unpaired) electrons. The molecule has 0 heterocycles. The van der Waals surface area contributed by atoms with Gasteiger partial charge in [-0.3, -0.25) is 5.32 Å². The molecule has 40 heavy (non-hydrogen) atoms. The normalized spacial score (nSPS) is 11.3. The summed E-state index contributed by atoms with van der Waals surface area (Å²) in [7, 11) is 0. The van der Waals surface area contributed by atoms with Crippen LogP contribution in [-0.4, -0.2) is 28.1 Å². The lowest BCUT2D eigenvalue weighted by molar-refractivity contribution is 0.158. The Morgan fingerprint density at radius 1 is 0.725 bits per heavy atom. The number of nitrogens with zero attached hydrogens (tertiary/aromatic N) is 1. The van der Waals surface area contributed by atoms with E-state index in [1.165, 1.54) is 22.3 Å². The Bertz CT molecular complexity index is 1570. The highest BCUT2D eigenvalue weighted by molar-refractivity contribution is 7.82. The summed E-state index contributed by atoms with van der Waals surface area (Å²) in [6, 6.07) is 30.8. The third kappa shape index (κ3) is 6.56. The molecule has 1 amide bonds. The van der Waals surface area contributed by atoms with Crippen LogP contribution in [0.25, 0.3) is 11.1 Å². The van der Waals surface area contributed by atoms with Crippen molar-refractivity contribution in [1.29, 1.82) is 0 Å². The van der Waals surface area contributed by atoms with E-state index >= 15 is 0 Å². The first-order valence-electron chi connectivity index (χ1n) is 12.3. The average Bonchev–Trinajstić information content (AvgIpc) is 3.28. The van der Waals surface area contributed by atoms with Crippen LogP contribution in [0.3, 0.4) is 0 Å². The number of rotatable bonds is 6. The maximum absolute atomic E-state index is 12.6. The maximum Gasteiger partial charge on any atom is 0.411 e. The molecule has 4 aromatic carbocycles. The van der Waals surface area contributed by atoms with E-state index in [2.05, 4.69) is 67.9 Å². The van der Waals surface area contributed by atoms with E-state index < -0.39 is 6.09 Å². The molecule has 0 unspecified atom stereocenters. The fraction of sp³-hybridized carbons (Fsp3) is 0.0667. The number of fused-ring (bicyclic) bond motifs is 3. The molecule has 1 aliphatic rings. The molecular formula is C30H23N5O2S3. The zero-order chi connectivity index (χ0) is 27.9. The molecular weight excluding hydrogens is 559 g/mol. The summed E-state index contributed by atoms with van der Waals surface area (Å²) < 4.78 is 5.62. The van der Waals surface area contributed by atoms with E-state index in [4.69, 9.17) is 29.2 Å². The Morgan fingerprint density at radius 3 is 1.73 bits per heavy atom. The van der Waals surface area contributed by atoms with Crippen LogP contribution in [0.5, 0.6) is 0 Å². The zero-order valence-electron chi connectivity index (χ0n) is 21.0. The van der Waals surface area contributed by atoms with Gasteiger partial charge in [-0.25, -0.2) is 4.79 Å². The molecule has 1 aliphatic carbocycles. The van der Waals surface area contributed by atoms with Crippen LogP contribution in [0.4, 0.5) is 27.5 Å². The lowest BCUT2D eigenvalue weighted by atomic mass is 9.98. The summed E-state index contributed by atoms with van der Waals surface area (Å²) in [6.07, 6.45) is -0.515. The lowest BCUT2D eigenvalue weighted by Crippen LogP contribution is -2.37. The summed E-state index contributed by atoms with van der Waals surface area (Å²) in [5.41, 5.74) is 7.50. The number of isothiocyanates is 1. The SMILES string of the molecule is O=C(Nc1ccc(NC(=S)NC(=S)Nc2ccc(N=C=S)cc2)cc1)OCC1c2ccccc2-c2ccccc21. The fourth-order valence-electron chi connectivity index (χ4n) is 4.49. The minimum atomic E-state index is -0.515. The van der Waals surface area contributed by atoms with Gasteiger partial charge in [0.25, 0.3) is 0 Å². The molecule has 4 aromatic rings. The summed E-state index contributed by atoms with van der Waals surface area (Å²) in [4.78, 5) is 16.5. The minimum Gasteiger partial charge on any atom is -0.448 e. The molecule has 10 heteroatoms. The Morgan fingerprint density at radius 2 is 1.20 bits per heavy atom. The molecule has 5 rings (SSSR count). The minimum absolute atomic E-state index is 0.00274. The summed E-state index contributed by atoms with van der Waals surface area (Å²) in [5, 5.41) is 14.8. The van der Waals surface area contributed by atoms with E-state index in [1.54, 1.807) is 36.4 Å². The second-order valence-electron chi connectivity index (χ2n) is 8.81. The number of thiocarbonyl (C=S) groups is 3. The van der Waals surface area contributed by atoms with Crippen molar-refractivity contribution in [2.45, 2.75) is 5.92 Å². The second kappa shape index (κ2) is 12.6. The Kier molecular flexibility index (Phi) is 8.53. The van der Waals surface area contributed by atoms with Crippen molar-refractivity contribution in [2.75, 3.05) is 22.6 Å². The van der Waals surface area contributed by atoms with Gasteiger partial charge in [0.05, 0.1) is 10.8 Å². The first-order chi connectivity index (χ1) is 19.5. The number of hydrogen-bond acceptors (Lipinski definition) is 6. The summed E-state index contributed by atoms with van der Waals surface area (Å²) in [5.74, 6) is 0.00274. The first-order valence-corrected chi connectivity index (χ1v) is 13.5. The molecule has 0 atom stereocenters. The number of anilines is 3. The highest BCUT2D eigenvalue weighted by atomic mass is 32.1. The average molecular weight is 582 g/mol. The number of benzene rings is 4. The molecule has 0 spiro atoms. The Labute approximate surface area is 247 Å². The number of hydrogen-bond donors (Lipinski definition) is 4. The third-order valence-electron chi connectivity index (χ3n) is 6.26. The second-order valence-corrected chi connectivity index (χ2v) is 9.81. The molecule has 0 bridgehead atoms. The maximum atomic E-state index is 12.6. The van der Waals surface area contributed by atoms with E-state index in [-0.39, 0.29) is 12.5 Å². The molecule has 198 valence electrons. The molecule has 4 N–H and O–H groups in total. The highest BCUT2D eigenvalue weighted by Crippen LogP contribution is 2.44. The lowest BCUT2D eigenvalue weighted by Gasteiger charge is -2.15. The predicted octanol–water partition coefficient (Wildman–Crippen LogP) is 7.47. The van der Waals surface area contributed by atoms with Crippen molar-refractivity contribution in [3.63, 3.8) is 0 Å². The van der Waals surface area contributed by atoms with Crippen LogP contribution in [0.2, 0.25) is 0 Å². The highest BCUT2D eigenvalue weighted by Gasteiger charge is 2.29. The third-order valence-corrected chi connectivity index (χ3v) is 6.76. The van der Waals surface area contributed by atoms with Gasteiger partial charge in [-0.05, 0) is 107 Å². The summed E-state index contributed by atoms with van der Waals surface area (Å²) in [6.45, 7) is 0.249. The number of nitrogens with one attached hydrogen (secondary N) is 4. The van der Waals surface area contributed by atoms with Gasteiger partial charge < -0.3 is 20.7 Å². The van der Waals surface area contributed by atoms with Crippen LogP contribution >= 0.6 is 36.7 Å². The van der Waals surface area contributed by atoms with Crippen LogP contribution < -0.4 is 21.3 Å². The van der Waals surface area contributed by atoms with Crippen LogP contribution in [-0.2, 0) is 4.74 Å². The number of ether oxygens (including phenoxy) is 1. The quantitative estimate of drug-likeness (QED) is 0.138. The number of amides is 1. The van der Waals surface area contributed by atoms with Crippen molar-refractivity contribution in [3.05, 3.63) is 108 Å². The molecule has 0 saturated heterocycles. The molecule has 0 aromatic heterocycles. The van der Waals surface area contributed by atoms with Crippen LogP contribution in [0.15, 0.2) is 102 Å². The smallest absolute Gasteiger partial charge is 0.411 e. The van der Waals surface area contributed by atoms with Gasteiger partial charge in [0, 0.05) is 23.0 Å². The van der Waals surface area contributed by atoms with Crippen molar-refractivity contribution in [3.8, 4) is 11.1 Å². The first kappa shape index (κ1) is 27.1. The van der Waals surface area contributed by atoms with Gasteiger partial charge >= 0.3 is 6.09 Å². The predicted molar refractivity (Wildman–Crippen MR) is 172 cm³/mol. The van der Waals surface area contributed by atoms with E-state index in [0.717, 1.165) is 11.4 Å². The van der Waals surface area contributed by atoms with Crippen LogP contribution in [0, 0.1) is 0 Å². The fourth-order valence-corrected chi connectivity index (χ4v) is 5.10. The van der Waals surface area contributed by atoms with Gasteiger partial charge in [-0.2, -0.15) is 4.99 Å². The Balaban J connectivity index is 1.10. The van der Waals surface area contributed by atoms with Crippen LogP contribution in [0.1, 0.15) is 17.0 Å². The Hall–Kier alpha value is -4.47. The van der Waals surface area contributed by atoms with E-state index in [1.807, 2.05) is 36.4 Å². The summed E-state index contributed by atoms with van der Waals surface area (Å²) >= 11 is 15.3. The number of carbonyl (C=O) groups is 1. The van der Waals surface area contributed by atoms with Crippen molar-refractivity contribution in [2.24, 2.45) is 4.99 Å². The van der Waals surface area contributed by atoms with Gasteiger partial charge in [-0.15, -0.1) is 0 Å². The number of aliphatic imine (C=N–C) groups is 1. The molecule has 0 saturated carbocycles. The number of carbonyl (C=O) groups excluding carboxylic acids is 1. The molecule has 0 aliphatic heterocycles. The van der Waals surface area contributed by atoms with Gasteiger partial charge in [0.15, 0.2) is 10.2 Å². The van der Waals surface area contributed by atoms with Crippen molar-refractivity contribution >= 4 is 80.9 Å². The molecule has 7 nitrogen and oxygen atoms in total.